The number of H-pyrrole nitrogens is 1. The van der Waals surface area contributed by atoms with Crippen LogP contribution in [0.3, 0.4) is 0 Å². The number of aromatic amines is 1. The van der Waals surface area contributed by atoms with E-state index in [1.807, 2.05) is 42.7 Å². The van der Waals surface area contributed by atoms with E-state index in [9.17, 15) is 0 Å². The Hall–Kier alpha value is -2.42. The zero-order chi connectivity index (χ0) is 13.1. The van der Waals surface area contributed by atoms with Crippen molar-refractivity contribution in [2.75, 3.05) is 0 Å². The summed E-state index contributed by atoms with van der Waals surface area (Å²) in [6.45, 7) is 2.13. The normalized spacial score (nSPS) is 10.6. The Bertz CT molecular complexity index is 657. The highest BCUT2D eigenvalue weighted by atomic mass is 15.1. The highest BCUT2D eigenvalue weighted by Crippen LogP contribution is 2.32. The molecule has 0 atom stereocenters. The first-order chi connectivity index (χ1) is 9.40. The minimum Gasteiger partial charge on any atom is -0.281 e. The third-order valence-corrected chi connectivity index (χ3v) is 3.21. The van der Waals surface area contributed by atoms with Gasteiger partial charge in [0.1, 0.15) is 5.69 Å². The molecule has 2 heterocycles. The fraction of sp³-hybridized carbons (Fsp3) is 0.125. The predicted octanol–water partition coefficient (Wildman–Crippen LogP) is 3.70. The molecule has 0 saturated carbocycles. The summed E-state index contributed by atoms with van der Waals surface area (Å²) in [5, 5.41) is 7.64. The summed E-state index contributed by atoms with van der Waals surface area (Å²) in [6.07, 6.45) is 4.56. The number of nitrogens with one attached hydrogen (secondary N) is 1. The van der Waals surface area contributed by atoms with Gasteiger partial charge in [0.15, 0.2) is 0 Å². The first-order valence-corrected chi connectivity index (χ1v) is 6.43. The largest absolute Gasteiger partial charge is 0.281 e. The Balaban J connectivity index is 2.20. The van der Waals surface area contributed by atoms with Gasteiger partial charge in [0, 0.05) is 29.2 Å². The number of aryl methyl sites for hydroxylation is 1. The van der Waals surface area contributed by atoms with E-state index in [1.54, 1.807) is 0 Å². The average Bonchev–Trinajstić information content (AvgIpc) is 2.93. The molecule has 1 aromatic carbocycles. The van der Waals surface area contributed by atoms with Gasteiger partial charge < -0.3 is 0 Å². The molecule has 1 N–H and O–H groups in total. The van der Waals surface area contributed by atoms with E-state index in [4.69, 9.17) is 0 Å². The third kappa shape index (κ3) is 2.15. The van der Waals surface area contributed by atoms with Gasteiger partial charge >= 0.3 is 0 Å². The monoisotopic (exact) mass is 249 g/mol. The zero-order valence-electron chi connectivity index (χ0n) is 10.8. The van der Waals surface area contributed by atoms with Crippen molar-refractivity contribution in [1.29, 1.82) is 0 Å². The molecule has 19 heavy (non-hydrogen) atoms. The molecular weight excluding hydrogens is 234 g/mol. The molecule has 3 aromatic rings. The molecule has 0 fully saturated rings. The Morgan fingerprint density at radius 3 is 2.37 bits per heavy atom. The second-order valence-electron chi connectivity index (χ2n) is 4.38. The van der Waals surface area contributed by atoms with Crippen molar-refractivity contribution in [2.24, 2.45) is 0 Å². The van der Waals surface area contributed by atoms with Crippen LogP contribution >= 0.6 is 0 Å². The molecule has 0 bridgehead atoms. The predicted molar refractivity (Wildman–Crippen MR) is 76.6 cm³/mol. The summed E-state index contributed by atoms with van der Waals surface area (Å²) in [7, 11) is 0. The van der Waals surface area contributed by atoms with E-state index in [2.05, 4.69) is 34.2 Å². The van der Waals surface area contributed by atoms with Crippen molar-refractivity contribution in [3.63, 3.8) is 0 Å². The van der Waals surface area contributed by atoms with Gasteiger partial charge in [-0.05, 0) is 24.1 Å². The van der Waals surface area contributed by atoms with Gasteiger partial charge in [-0.2, -0.15) is 5.10 Å². The van der Waals surface area contributed by atoms with Crippen LogP contribution < -0.4 is 0 Å². The molecule has 0 aliphatic heterocycles. The number of pyridine rings is 1. The molecule has 0 aliphatic rings. The molecule has 3 nitrogen and oxygen atoms in total. The molecule has 2 aromatic heterocycles. The fourth-order valence-corrected chi connectivity index (χ4v) is 2.27. The van der Waals surface area contributed by atoms with E-state index >= 15 is 0 Å². The Labute approximate surface area is 112 Å². The third-order valence-electron chi connectivity index (χ3n) is 3.21. The minimum absolute atomic E-state index is 0.928. The number of nitrogens with zero attached hydrogens (tertiary/aromatic N) is 2. The quantitative estimate of drug-likeness (QED) is 0.769. The Morgan fingerprint density at radius 1 is 0.947 bits per heavy atom. The number of hydrogen-bond donors (Lipinski definition) is 1. The molecule has 0 amide bonds. The Kier molecular flexibility index (Phi) is 3.11. The summed E-state index contributed by atoms with van der Waals surface area (Å²) in [6, 6.07) is 14.3. The smallest absolute Gasteiger partial charge is 0.100 e. The molecule has 0 unspecified atom stereocenters. The minimum atomic E-state index is 0.928. The summed E-state index contributed by atoms with van der Waals surface area (Å²) >= 11 is 0. The standard InChI is InChI=1S/C16H15N3/c1-2-14-15(12-8-10-17-11-9-12)16(19-18-14)13-6-4-3-5-7-13/h3-11H,2H2,1H3,(H,18,19). The summed E-state index contributed by atoms with van der Waals surface area (Å²) < 4.78 is 0. The topological polar surface area (TPSA) is 41.6 Å². The van der Waals surface area contributed by atoms with Gasteiger partial charge in [0.2, 0.25) is 0 Å². The van der Waals surface area contributed by atoms with Crippen LogP contribution in [0.1, 0.15) is 12.6 Å². The van der Waals surface area contributed by atoms with E-state index in [0.717, 1.165) is 28.9 Å². The van der Waals surface area contributed by atoms with Crippen LogP contribution in [-0.2, 0) is 6.42 Å². The first kappa shape index (κ1) is 11.7. The zero-order valence-corrected chi connectivity index (χ0v) is 10.8. The summed E-state index contributed by atoms with van der Waals surface area (Å²) in [4.78, 5) is 4.08. The molecule has 3 heteroatoms. The van der Waals surface area contributed by atoms with Crippen LogP contribution in [0.4, 0.5) is 0 Å². The molecule has 94 valence electrons. The van der Waals surface area contributed by atoms with Crippen molar-refractivity contribution in [1.82, 2.24) is 15.2 Å². The van der Waals surface area contributed by atoms with Crippen LogP contribution in [0, 0.1) is 0 Å². The van der Waals surface area contributed by atoms with Crippen LogP contribution in [0.2, 0.25) is 0 Å². The molecule has 0 aliphatic carbocycles. The van der Waals surface area contributed by atoms with Crippen molar-refractivity contribution < 1.29 is 0 Å². The van der Waals surface area contributed by atoms with Gasteiger partial charge in [0.25, 0.3) is 0 Å². The van der Waals surface area contributed by atoms with E-state index in [-0.39, 0.29) is 0 Å². The first-order valence-electron chi connectivity index (χ1n) is 6.43. The SMILES string of the molecule is CCc1[nH]nc(-c2ccccc2)c1-c1ccncc1. The average molecular weight is 249 g/mol. The highest BCUT2D eigenvalue weighted by molar-refractivity contribution is 5.82. The maximum Gasteiger partial charge on any atom is 0.100 e. The molecule has 3 rings (SSSR count). The fourth-order valence-electron chi connectivity index (χ4n) is 2.27. The highest BCUT2D eigenvalue weighted by Gasteiger charge is 2.15. The van der Waals surface area contributed by atoms with Crippen LogP contribution in [0.25, 0.3) is 22.4 Å². The van der Waals surface area contributed by atoms with Gasteiger partial charge in [-0.3, -0.25) is 10.1 Å². The lowest BCUT2D eigenvalue weighted by atomic mass is 9.99. The number of aromatic nitrogens is 3. The number of hydrogen-bond acceptors (Lipinski definition) is 2. The lowest BCUT2D eigenvalue weighted by Gasteiger charge is -2.05. The van der Waals surface area contributed by atoms with Crippen molar-refractivity contribution >= 4 is 0 Å². The van der Waals surface area contributed by atoms with Crippen LogP contribution in [0.15, 0.2) is 54.9 Å². The summed E-state index contributed by atoms with van der Waals surface area (Å²) in [5.41, 5.74) is 5.62. The molecule has 0 spiro atoms. The van der Waals surface area contributed by atoms with E-state index in [0.29, 0.717) is 0 Å². The van der Waals surface area contributed by atoms with E-state index in [1.165, 1.54) is 5.56 Å². The van der Waals surface area contributed by atoms with E-state index < -0.39 is 0 Å². The van der Waals surface area contributed by atoms with Gasteiger partial charge in [-0.25, -0.2) is 0 Å². The Morgan fingerprint density at radius 2 is 1.68 bits per heavy atom. The van der Waals surface area contributed by atoms with Gasteiger partial charge in [0.05, 0.1) is 0 Å². The van der Waals surface area contributed by atoms with Gasteiger partial charge in [-0.15, -0.1) is 0 Å². The second-order valence-corrected chi connectivity index (χ2v) is 4.38. The molecular formula is C16H15N3. The van der Waals surface area contributed by atoms with Crippen LogP contribution in [-0.4, -0.2) is 15.2 Å². The van der Waals surface area contributed by atoms with Crippen molar-refractivity contribution in [2.45, 2.75) is 13.3 Å². The van der Waals surface area contributed by atoms with Crippen LogP contribution in [0.5, 0.6) is 0 Å². The molecule has 0 saturated heterocycles. The lowest BCUT2D eigenvalue weighted by Crippen LogP contribution is -1.87. The molecule has 0 radical (unpaired) electrons. The van der Waals surface area contributed by atoms with Crippen molar-refractivity contribution in [3.05, 3.63) is 60.6 Å². The van der Waals surface area contributed by atoms with Crippen molar-refractivity contribution in [3.8, 4) is 22.4 Å². The second kappa shape index (κ2) is 5.06. The van der Waals surface area contributed by atoms with Gasteiger partial charge in [-0.1, -0.05) is 37.3 Å². The maximum absolute atomic E-state index is 4.49. The summed E-state index contributed by atoms with van der Waals surface area (Å²) in [5.74, 6) is 0. The maximum atomic E-state index is 4.49. The lowest BCUT2D eigenvalue weighted by molar-refractivity contribution is 0.977. The number of benzene rings is 1. The number of rotatable bonds is 3.